The first-order valence-corrected chi connectivity index (χ1v) is 4.97. The molecule has 0 fully saturated rings. The Labute approximate surface area is 95.3 Å². The number of hydrogen-bond acceptors (Lipinski definition) is 3. The Hall–Kier alpha value is -1.36. The molecule has 0 bridgehead atoms. The van der Waals surface area contributed by atoms with Gasteiger partial charge in [-0.15, -0.1) is 0 Å². The van der Waals surface area contributed by atoms with Crippen LogP contribution in [0.15, 0.2) is 39.7 Å². The number of carbonyl (C=O) groups is 1. The Morgan fingerprint density at radius 2 is 2.27 bits per heavy atom. The zero-order chi connectivity index (χ0) is 11.4. The molecule has 0 saturated carbocycles. The Morgan fingerprint density at radius 3 is 2.80 bits per heavy atom. The molecule has 0 aromatic carbocycles. The summed E-state index contributed by atoms with van der Waals surface area (Å²) in [5.74, 6) is -0.516. The summed E-state index contributed by atoms with van der Waals surface area (Å²) in [6.07, 6.45) is 0. The Morgan fingerprint density at radius 1 is 1.60 bits per heavy atom. The maximum atomic E-state index is 11.4. The first-order chi connectivity index (χ1) is 7.06. The summed E-state index contributed by atoms with van der Waals surface area (Å²) in [6.45, 7) is 3.67. The summed E-state index contributed by atoms with van der Waals surface area (Å²) in [4.78, 5) is 22.5. The van der Waals surface area contributed by atoms with E-state index in [0.717, 1.165) is 0 Å². The van der Waals surface area contributed by atoms with E-state index in [9.17, 15) is 9.59 Å². The summed E-state index contributed by atoms with van der Waals surface area (Å²) in [7, 11) is 1.27. The quantitative estimate of drug-likeness (QED) is 0.474. The maximum absolute atomic E-state index is 11.4. The van der Waals surface area contributed by atoms with Crippen molar-refractivity contribution in [2.24, 2.45) is 0 Å². The highest BCUT2D eigenvalue weighted by Crippen LogP contribution is 2.08. The zero-order valence-electron chi connectivity index (χ0n) is 8.20. The zero-order valence-corrected chi connectivity index (χ0v) is 9.78. The lowest BCUT2D eigenvalue weighted by molar-refractivity contribution is -0.136. The fourth-order valence-electron chi connectivity index (χ4n) is 1.05. The molecule has 1 aromatic heterocycles. The van der Waals surface area contributed by atoms with Crippen LogP contribution in [0.25, 0.3) is 0 Å². The number of carbonyl (C=O) groups excluding carboxylic acids is 1. The van der Waals surface area contributed by atoms with Crippen LogP contribution in [0.3, 0.4) is 0 Å². The van der Waals surface area contributed by atoms with E-state index in [2.05, 4.69) is 27.2 Å². The standard InChI is InChI=1S/C10H10BrNO3/c1-7(10(14)15-2)6-12-8(11)4-3-5-9(12)13/h3-5H,1,6H2,2H3. The molecule has 5 heteroatoms. The van der Waals surface area contributed by atoms with Crippen molar-refractivity contribution in [1.82, 2.24) is 4.57 Å². The number of hydrogen-bond donors (Lipinski definition) is 0. The van der Waals surface area contributed by atoms with Gasteiger partial charge in [-0.25, -0.2) is 4.79 Å². The van der Waals surface area contributed by atoms with Crippen molar-refractivity contribution in [2.45, 2.75) is 6.54 Å². The van der Waals surface area contributed by atoms with Gasteiger partial charge in [0.2, 0.25) is 0 Å². The molecule has 0 aliphatic carbocycles. The first kappa shape index (κ1) is 11.7. The van der Waals surface area contributed by atoms with Crippen molar-refractivity contribution >= 4 is 21.9 Å². The summed E-state index contributed by atoms with van der Waals surface area (Å²) in [5, 5.41) is 0. The molecule has 0 aliphatic heterocycles. The second kappa shape index (κ2) is 4.93. The molecule has 1 heterocycles. The second-order valence-electron chi connectivity index (χ2n) is 2.87. The lowest BCUT2D eigenvalue weighted by Crippen LogP contribution is -2.22. The van der Waals surface area contributed by atoms with Crippen molar-refractivity contribution < 1.29 is 9.53 Å². The minimum atomic E-state index is -0.516. The monoisotopic (exact) mass is 271 g/mol. The van der Waals surface area contributed by atoms with E-state index in [0.29, 0.717) is 4.60 Å². The van der Waals surface area contributed by atoms with E-state index in [-0.39, 0.29) is 17.7 Å². The van der Waals surface area contributed by atoms with E-state index in [1.807, 2.05) is 0 Å². The van der Waals surface area contributed by atoms with Crippen molar-refractivity contribution in [2.75, 3.05) is 7.11 Å². The van der Waals surface area contributed by atoms with Crippen molar-refractivity contribution in [3.8, 4) is 0 Å². The van der Waals surface area contributed by atoms with Crippen molar-refractivity contribution in [3.05, 3.63) is 45.3 Å². The van der Waals surface area contributed by atoms with Gasteiger partial charge in [0, 0.05) is 11.6 Å². The van der Waals surface area contributed by atoms with Gasteiger partial charge < -0.3 is 4.74 Å². The van der Waals surface area contributed by atoms with Crippen LogP contribution in [0.5, 0.6) is 0 Å². The number of rotatable bonds is 3. The molecule has 0 N–H and O–H groups in total. The van der Waals surface area contributed by atoms with Gasteiger partial charge in [0.1, 0.15) is 0 Å². The summed E-state index contributed by atoms with van der Waals surface area (Å²) in [5.41, 5.74) is 0.0286. The van der Waals surface area contributed by atoms with Crippen LogP contribution >= 0.6 is 15.9 Å². The molecule has 0 unspecified atom stereocenters. The number of ether oxygens (including phenoxy) is 1. The second-order valence-corrected chi connectivity index (χ2v) is 3.68. The average Bonchev–Trinajstić information content (AvgIpc) is 2.22. The van der Waals surface area contributed by atoms with Gasteiger partial charge in [0.05, 0.1) is 18.3 Å². The van der Waals surface area contributed by atoms with Gasteiger partial charge in [0.15, 0.2) is 0 Å². The van der Waals surface area contributed by atoms with E-state index in [1.54, 1.807) is 12.1 Å². The van der Waals surface area contributed by atoms with Gasteiger partial charge in [-0.1, -0.05) is 12.6 Å². The van der Waals surface area contributed by atoms with Crippen LogP contribution in [0.2, 0.25) is 0 Å². The van der Waals surface area contributed by atoms with Crippen molar-refractivity contribution in [3.63, 3.8) is 0 Å². The van der Waals surface area contributed by atoms with E-state index in [1.165, 1.54) is 17.7 Å². The molecular formula is C10H10BrNO3. The number of halogens is 1. The molecule has 4 nitrogen and oxygen atoms in total. The fraction of sp³-hybridized carbons (Fsp3) is 0.200. The van der Waals surface area contributed by atoms with E-state index >= 15 is 0 Å². The lowest BCUT2D eigenvalue weighted by Gasteiger charge is -2.08. The largest absolute Gasteiger partial charge is 0.466 e. The first-order valence-electron chi connectivity index (χ1n) is 4.17. The third-order valence-electron chi connectivity index (χ3n) is 1.82. The van der Waals surface area contributed by atoms with E-state index < -0.39 is 5.97 Å². The van der Waals surface area contributed by atoms with Gasteiger partial charge >= 0.3 is 5.97 Å². The van der Waals surface area contributed by atoms with Crippen LogP contribution in [0.4, 0.5) is 0 Å². The topological polar surface area (TPSA) is 48.3 Å². The summed E-state index contributed by atoms with van der Waals surface area (Å²) < 4.78 is 6.48. The Balaban J connectivity index is 2.95. The van der Waals surface area contributed by atoms with Crippen LogP contribution < -0.4 is 5.56 Å². The Bertz CT molecular complexity index is 450. The highest BCUT2D eigenvalue weighted by Gasteiger charge is 2.09. The van der Waals surface area contributed by atoms with Crippen LogP contribution in [0, 0.1) is 0 Å². The molecule has 0 amide bonds. The van der Waals surface area contributed by atoms with Crippen LogP contribution in [-0.4, -0.2) is 17.6 Å². The summed E-state index contributed by atoms with van der Waals surface area (Å²) in [6, 6.07) is 4.76. The van der Waals surface area contributed by atoms with E-state index in [4.69, 9.17) is 0 Å². The van der Waals surface area contributed by atoms with Gasteiger partial charge in [0.25, 0.3) is 5.56 Å². The number of nitrogens with zero attached hydrogens (tertiary/aromatic N) is 1. The van der Waals surface area contributed by atoms with Crippen LogP contribution in [-0.2, 0) is 16.1 Å². The fourth-order valence-corrected chi connectivity index (χ4v) is 1.50. The minimum absolute atomic E-state index is 0.118. The predicted octanol–water partition coefficient (Wildman–Crippen LogP) is 1.34. The molecule has 1 aromatic rings. The molecular weight excluding hydrogens is 262 g/mol. The molecule has 1 rings (SSSR count). The maximum Gasteiger partial charge on any atom is 0.334 e. The third-order valence-corrected chi connectivity index (χ3v) is 2.51. The van der Waals surface area contributed by atoms with Gasteiger partial charge in [-0.3, -0.25) is 9.36 Å². The highest BCUT2D eigenvalue weighted by atomic mass is 79.9. The number of pyridine rings is 1. The average molecular weight is 272 g/mol. The number of aromatic nitrogens is 1. The molecule has 0 aliphatic rings. The molecule has 80 valence electrons. The van der Waals surface area contributed by atoms with Crippen molar-refractivity contribution in [1.29, 1.82) is 0 Å². The molecule has 0 spiro atoms. The number of methoxy groups -OCH3 is 1. The Kier molecular flexibility index (Phi) is 3.85. The smallest absolute Gasteiger partial charge is 0.334 e. The van der Waals surface area contributed by atoms with Gasteiger partial charge in [-0.2, -0.15) is 0 Å². The minimum Gasteiger partial charge on any atom is -0.466 e. The SMILES string of the molecule is C=C(Cn1c(Br)cccc1=O)C(=O)OC. The third kappa shape index (κ3) is 2.79. The summed E-state index contributed by atoms with van der Waals surface area (Å²) >= 11 is 3.22. The highest BCUT2D eigenvalue weighted by molar-refractivity contribution is 9.10. The predicted molar refractivity (Wildman–Crippen MR) is 59.6 cm³/mol. The normalized spacial score (nSPS) is 9.73. The van der Waals surface area contributed by atoms with Gasteiger partial charge in [-0.05, 0) is 22.0 Å². The van der Waals surface area contributed by atoms with Crippen LogP contribution in [0.1, 0.15) is 0 Å². The molecule has 0 atom stereocenters. The lowest BCUT2D eigenvalue weighted by atomic mass is 10.3. The molecule has 0 radical (unpaired) electrons. The molecule has 0 saturated heterocycles. The number of esters is 1. The molecule has 15 heavy (non-hydrogen) atoms.